The third kappa shape index (κ3) is 8.07. The molecular formula is C24H22N6O8S6. The first kappa shape index (κ1) is 33.6. The Bertz CT molecular complexity index is 1640. The van der Waals surface area contributed by atoms with Gasteiger partial charge in [-0.15, -0.1) is 9.66 Å². The highest BCUT2D eigenvalue weighted by Gasteiger charge is 2.42. The zero-order chi connectivity index (χ0) is 32.1. The van der Waals surface area contributed by atoms with Gasteiger partial charge in [0.2, 0.25) is 11.8 Å². The van der Waals surface area contributed by atoms with Crippen molar-refractivity contribution in [2.45, 2.75) is 22.6 Å². The van der Waals surface area contributed by atoms with Crippen LogP contribution < -0.4 is 20.5 Å². The molecule has 0 aromatic heterocycles. The van der Waals surface area contributed by atoms with Crippen molar-refractivity contribution in [2.24, 2.45) is 0 Å². The quantitative estimate of drug-likeness (QED) is 0.137. The molecule has 2 aromatic carbocycles. The van der Waals surface area contributed by atoms with Crippen LogP contribution in [0.4, 0.5) is 0 Å². The Labute approximate surface area is 271 Å². The van der Waals surface area contributed by atoms with Gasteiger partial charge < -0.3 is 0 Å². The highest BCUT2D eigenvalue weighted by atomic mass is 32.2. The lowest BCUT2D eigenvalue weighted by Gasteiger charge is -2.15. The van der Waals surface area contributed by atoms with E-state index in [2.05, 4.69) is 10.9 Å². The van der Waals surface area contributed by atoms with Gasteiger partial charge in [-0.05, 0) is 24.3 Å². The molecule has 2 aliphatic heterocycles. The van der Waals surface area contributed by atoms with Crippen LogP contribution in [-0.4, -0.2) is 72.0 Å². The molecule has 4 N–H and O–H groups in total. The van der Waals surface area contributed by atoms with Crippen LogP contribution in [0.1, 0.15) is 12.8 Å². The predicted molar refractivity (Wildman–Crippen MR) is 170 cm³/mol. The van der Waals surface area contributed by atoms with E-state index in [-0.39, 0.29) is 54.2 Å². The molecule has 14 nitrogen and oxygen atoms in total. The van der Waals surface area contributed by atoms with Crippen molar-refractivity contribution in [3.8, 4) is 0 Å². The molecule has 44 heavy (non-hydrogen) atoms. The number of hydrogen-bond acceptors (Lipinski definition) is 12. The van der Waals surface area contributed by atoms with Crippen molar-refractivity contribution in [2.75, 3.05) is 13.1 Å². The first-order valence-corrected chi connectivity index (χ1v) is 17.7. The van der Waals surface area contributed by atoms with Gasteiger partial charge in [-0.3, -0.25) is 39.8 Å². The number of rotatable bonds is 12. The molecule has 232 valence electrons. The largest absolute Gasteiger partial charge is 0.292 e. The number of hydrazine groups is 2. The van der Waals surface area contributed by atoms with E-state index in [1.54, 1.807) is 12.1 Å². The fraction of sp³-hybridized carbons (Fsp3) is 0.167. The summed E-state index contributed by atoms with van der Waals surface area (Å²) >= 11 is 12.2. The zero-order valence-corrected chi connectivity index (χ0v) is 27.1. The summed E-state index contributed by atoms with van der Waals surface area (Å²) in [4.78, 5) is 56.8. The SMILES string of the molecule is O=C(CCN1C(=O)C(=C2SC(=S)N(CCC(=O)NNS(=O)(=O)c3ccccc3)C2=O)SC1=S)NNS(=O)(=O)c1ccccc1. The van der Waals surface area contributed by atoms with Gasteiger partial charge in [0.25, 0.3) is 31.9 Å². The maximum absolute atomic E-state index is 13.1. The molecule has 2 heterocycles. The maximum Gasteiger partial charge on any atom is 0.267 e. The van der Waals surface area contributed by atoms with E-state index >= 15 is 0 Å². The molecule has 0 saturated carbocycles. The fourth-order valence-electron chi connectivity index (χ4n) is 3.57. The zero-order valence-electron chi connectivity index (χ0n) is 22.2. The molecule has 0 unspecified atom stereocenters. The number of hydrogen-bond donors (Lipinski definition) is 4. The molecule has 0 bridgehead atoms. The van der Waals surface area contributed by atoms with Crippen LogP contribution >= 0.6 is 48.0 Å². The Balaban J connectivity index is 1.29. The van der Waals surface area contributed by atoms with Gasteiger partial charge in [0.1, 0.15) is 8.64 Å². The minimum atomic E-state index is -3.99. The summed E-state index contributed by atoms with van der Waals surface area (Å²) in [6.45, 7) is -0.376. The Morgan fingerprint density at radius 2 is 0.977 bits per heavy atom. The van der Waals surface area contributed by atoms with Crippen molar-refractivity contribution in [3.05, 3.63) is 70.5 Å². The van der Waals surface area contributed by atoms with Gasteiger partial charge in [-0.25, -0.2) is 16.8 Å². The number of carbonyl (C=O) groups excluding carboxylic acids is 4. The Morgan fingerprint density at radius 1 is 0.636 bits per heavy atom. The number of thiocarbonyl (C=S) groups is 2. The van der Waals surface area contributed by atoms with Gasteiger partial charge in [-0.1, -0.05) is 84.4 Å². The number of nitrogens with one attached hydrogen (secondary N) is 4. The number of benzene rings is 2. The van der Waals surface area contributed by atoms with Crippen LogP contribution in [0.15, 0.2) is 80.3 Å². The molecule has 0 spiro atoms. The molecule has 2 saturated heterocycles. The van der Waals surface area contributed by atoms with Gasteiger partial charge >= 0.3 is 0 Å². The standard InChI is InChI=1S/C24H22N6O8S6/c31-17(25-27-43(35,36)15-7-3-1-4-8-15)11-13-29-21(33)19(41-23(29)39)20-22(34)30(24(40)42-20)14-12-18(32)26-28-44(37,38)16-9-5-2-6-10-16/h1-10,27-28H,11-14H2,(H,25,31)(H,26,32). The lowest BCUT2D eigenvalue weighted by molar-refractivity contribution is -0.126. The van der Waals surface area contributed by atoms with E-state index in [4.69, 9.17) is 24.4 Å². The monoisotopic (exact) mass is 714 g/mol. The van der Waals surface area contributed by atoms with Crippen molar-refractivity contribution in [1.82, 2.24) is 30.3 Å². The van der Waals surface area contributed by atoms with E-state index < -0.39 is 43.7 Å². The summed E-state index contributed by atoms with van der Waals surface area (Å²) in [6, 6.07) is 14.8. The van der Waals surface area contributed by atoms with Crippen molar-refractivity contribution in [3.63, 3.8) is 0 Å². The van der Waals surface area contributed by atoms with E-state index in [0.717, 1.165) is 33.3 Å². The summed E-state index contributed by atoms with van der Waals surface area (Å²) in [5.74, 6) is -2.72. The van der Waals surface area contributed by atoms with Gasteiger partial charge in [0.05, 0.1) is 19.6 Å². The maximum atomic E-state index is 13.1. The number of nitrogens with zero attached hydrogens (tertiary/aromatic N) is 2. The van der Waals surface area contributed by atoms with Crippen molar-refractivity contribution >= 4 is 100 Å². The molecule has 4 rings (SSSR count). The van der Waals surface area contributed by atoms with Crippen LogP contribution in [0.2, 0.25) is 0 Å². The molecule has 2 aliphatic rings. The summed E-state index contributed by atoms with van der Waals surface area (Å²) in [5, 5.41) is 0. The molecular weight excluding hydrogens is 693 g/mol. The van der Waals surface area contributed by atoms with E-state index in [9.17, 15) is 36.0 Å². The Kier molecular flexibility index (Phi) is 10.9. The van der Waals surface area contributed by atoms with Gasteiger partial charge in [0, 0.05) is 25.9 Å². The van der Waals surface area contributed by atoms with Crippen LogP contribution in [0, 0.1) is 0 Å². The number of amides is 4. The summed E-state index contributed by atoms with van der Waals surface area (Å²) in [7, 11) is -7.99. The van der Waals surface area contributed by atoms with Crippen LogP contribution in [0.3, 0.4) is 0 Å². The molecule has 20 heteroatoms. The molecule has 0 aliphatic carbocycles. The second-order valence-electron chi connectivity index (χ2n) is 8.74. The minimum absolute atomic E-state index is 0.000103. The third-order valence-electron chi connectivity index (χ3n) is 5.79. The average molecular weight is 715 g/mol. The topological polar surface area (TPSA) is 191 Å². The Hall–Kier alpha value is -3.24. The molecule has 4 amide bonds. The van der Waals surface area contributed by atoms with Gasteiger partial charge in [0.15, 0.2) is 0 Å². The van der Waals surface area contributed by atoms with Crippen LogP contribution in [0.25, 0.3) is 0 Å². The highest BCUT2D eigenvalue weighted by Crippen LogP contribution is 2.42. The summed E-state index contributed by atoms with van der Waals surface area (Å²) in [6.07, 6.45) is -0.609. The van der Waals surface area contributed by atoms with Crippen LogP contribution in [0.5, 0.6) is 0 Å². The first-order chi connectivity index (χ1) is 20.8. The Morgan fingerprint density at radius 3 is 1.32 bits per heavy atom. The first-order valence-electron chi connectivity index (χ1n) is 12.3. The third-order valence-corrected chi connectivity index (χ3v) is 11.3. The minimum Gasteiger partial charge on any atom is -0.292 e. The lowest BCUT2D eigenvalue weighted by atomic mass is 10.3. The van der Waals surface area contributed by atoms with E-state index in [1.807, 2.05) is 9.66 Å². The highest BCUT2D eigenvalue weighted by molar-refractivity contribution is 8.29. The number of thioether (sulfide) groups is 2. The molecule has 0 atom stereocenters. The fourth-order valence-corrected chi connectivity index (χ4v) is 8.11. The summed E-state index contributed by atoms with van der Waals surface area (Å²) < 4.78 is 49.2. The summed E-state index contributed by atoms with van der Waals surface area (Å²) in [5.41, 5.74) is 4.16. The van der Waals surface area contributed by atoms with E-state index in [1.165, 1.54) is 48.5 Å². The second kappa shape index (κ2) is 14.2. The second-order valence-corrected chi connectivity index (χ2v) is 15.4. The van der Waals surface area contributed by atoms with Crippen molar-refractivity contribution < 1.29 is 36.0 Å². The van der Waals surface area contributed by atoms with Gasteiger partial charge in [-0.2, -0.15) is 0 Å². The molecule has 0 radical (unpaired) electrons. The number of carbonyl (C=O) groups is 4. The predicted octanol–water partition coefficient (Wildman–Crippen LogP) is 0.718. The van der Waals surface area contributed by atoms with E-state index in [0.29, 0.717) is 0 Å². The molecule has 2 aromatic rings. The van der Waals surface area contributed by atoms with Crippen LogP contribution in [-0.2, 0) is 39.2 Å². The smallest absolute Gasteiger partial charge is 0.267 e. The average Bonchev–Trinajstić information content (AvgIpc) is 3.45. The van der Waals surface area contributed by atoms with Crippen molar-refractivity contribution in [1.29, 1.82) is 0 Å². The number of sulfonamides is 2. The molecule has 2 fully saturated rings. The normalized spacial score (nSPS) is 17.4. The lowest BCUT2D eigenvalue weighted by Crippen LogP contribution is -2.43.